The molecule has 3 heteroatoms. The molecule has 0 spiro atoms. The summed E-state index contributed by atoms with van der Waals surface area (Å²) < 4.78 is 0. The maximum Gasteiger partial charge on any atom is 0.249 e. The Morgan fingerprint density at radius 3 is 2.55 bits per heavy atom. The fourth-order valence-electron chi connectivity index (χ4n) is 1.27. The predicted molar refractivity (Wildman–Crippen MR) is 42.7 cm³/mol. The van der Waals surface area contributed by atoms with E-state index in [0.29, 0.717) is 12.1 Å². The number of hydrogen-bond acceptors (Lipinski definition) is 2. The molecule has 0 atom stereocenters. The van der Waals surface area contributed by atoms with E-state index < -0.39 is 0 Å². The average molecular weight is 153 g/mol. The van der Waals surface area contributed by atoms with Gasteiger partial charge in [0.05, 0.1) is 4.92 Å². The Morgan fingerprint density at radius 2 is 2.09 bits per heavy atom. The summed E-state index contributed by atoms with van der Waals surface area (Å²) in [6.45, 7) is 3.79. The molecule has 0 saturated heterocycles. The van der Waals surface area contributed by atoms with Gasteiger partial charge in [0.15, 0.2) is 0 Å². The van der Waals surface area contributed by atoms with Crippen LogP contribution in [0, 0.1) is 10.1 Å². The van der Waals surface area contributed by atoms with Crippen molar-refractivity contribution in [3.05, 3.63) is 33.0 Å². The highest BCUT2D eigenvalue weighted by molar-refractivity contribution is 5.27. The fourth-order valence-corrected chi connectivity index (χ4v) is 1.27. The second-order valence-electron chi connectivity index (χ2n) is 2.88. The minimum atomic E-state index is -0.279. The van der Waals surface area contributed by atoms with Gasteiger partial charge in [0.1, 0.15) is 0 Å². The summed E-state index contributed by atoms with van der Waals surface area (Å²) in [5.74, 6) is 0. The Bertz CT molecular complexity index is 251. The van der Waals surface area contributed by atoms with Crippen molar-refractivity contribution in [1.29, 1.82) is 0 Å². The molecule has 1 aliphatic carbocycles. The predicted octanol–water partition coefficient (Wildman–Crippen LogP) is 2.28. The van der Waals surface area contributed by atoms with Gasteiger partial charge in [-0.15, -0.1) is 0 Å². The molecule has 0 N–H and O–H groups in total. The first-order valence-corrected chi connectivity index (χ1v) is 3.62. The van der Waals surface area contributed by atoms with Crippen LogP contribution >= 0.6 is 0 Å². The monoisotopic (exact) mass is 153 g/mol. The first-order valence-electron chi connectivity index (χ1n) is 3.62. The molecule has 0 amide bonds. The maximum absolute atomic E-state index is 10.4. The van der Waals surface area contributed by atoms with Gasteiger partial charge in [-0.2, -0.15) is 0 Å². The van der Waals surface area contributed by atoms with Crippen molar-refractivity contribution >= 4 is 0 Å². The van der Waals surface area contributed by atoms with E-state index >= 15 is 0 Å². The zero-order valence-electron chi connectivity index (χ0n) is 6.76. The third kappa shape index (κ3) is 1.67. The van der Waals surface area contributed by atoms with E-state index in [0.717, 1.165) is 12.0 Å². The quantitative estimate of drug-likeness (QED) is 0.428. The van der Waals surface area contributed by atoms with Gasteiger partial charge in [-0.3, -0.25) is 10.1 Å². The van der Waals surface area contributed by atoms with E-state index in [9.17, 15) is 10.1 Å². The molecule has 0 aromatic carbocycles. The first kappa shape index (κ1) is 7.98. The highest BCUT2D eigenvalue weighted by Gasteiger charge is 2.17. The summed E-state index contributed by atoms with van der Waals surface area (Å²) in [5, 5.41) is 10.4. The van der Waals surface area contributed by atoms with Gasteiger partial charge < -0.3 is 0 Å². The molecule has 0 saturated carbocycles. The van der Waals surface area contributed by atoms with Crippen LogP contribution in [-0.4, -0.2) is 4.92 Å². The number of nitrogens with zero attached hydrogens (tertiary/aromatic N) is 1. The van der Waals surface area contributed by atoms with Gasteiger partial charge in [-0.05, 0) is 20.3 Å². The van der Waals surface area contributed by atoms with Gasteiger partial charge in [0.25, 0.3) is 0 Å². The highest BCUT2D eigenvalue weighted by Crippen LogP contribution is 2.23. The van der Waals surface area contributed by atoms with Crippen LogP contribution in [-0.2, 0) is 0 Å². The Hall–Kier alpha value is -1.12. The summed E-state index contributed by atoms with van der Waals surface area (Å²) in [4.78, 5) is 10.1. The average Bonchev–Trinajstić information content (AvgIpc) is 1.85. The molecule has 0 heterocycles. The smallest absolute Gasteiger partial charge is 0.249 e. The fraction of sp³-hybridized carbons (Fsp3) is 0.500. The van der Waals surface area contributed by atoms with E-state index in [1.807, 2.05) is 13.0 Å². The van der Waals surface area contributed by atoms with Gasteiger partial charge >= 0.3 is 0 Å². The standard InChI is InChI=1S/C8H11NO2/c1-6-3-4-8(9(10)11)7(2)5-6/h5H,3-4H2,1-2H3. The molecule has 0 aromatic heterocycles. The SMILES string of the molecule is CC1=CC(C)=C([N+](=O)[O-])CC1. The van der Waals surface area contributed by atoms with E-state index in [2.05, 4.69) is 0 Å². The summed E-state index contributed by atoms with van der Waals surface area (Å²) in [5.41, 5.74) is 2.41. The molecule has 0 aliphatic heterocycles. The molecule has 11 heavy (non-hydrogen) atoms. The molecule has 0 bridgehead atoms. The lowest BCUT2D eigenvalue weighted by Crippen LogP contribution is -2.05. The van der Waals surface area contributed by atoms with Crippen molar-refractivity contribution < 1.29 is 4.92 Å². The Morgan fingerprint density at radius 1 is 1.45 bits per heavy atom. The van der Waals surface area contributed by atoms with Crippen LogP contribution in [0.3, 0.4) is 0 Å². The number of rotatable bonds is 1. The van der Waals surface area contributed by atoms with Gasteiger partial charge in [-0.1, -0.05) is 11.6 Å². The van der Waals surface area contributed by atoms with E-state index in [-0.39, 0.29) is 4.92 Å². The van der Waals surface area contributed by atoms with Crippen LogP contribution in [0.1, 0.15) is 26.7 Å². The Labute approximate surface area is 65.6 Å². The molecule has 0 radical (unpaired) electrons. The Kier molecular flexibility index (Phi) is 2.08. The molecular formula is C8H11NO2. The van der Waals surface area contributed by atoms with Crippen molar-refractivity contribution in [1.82, 2.24) is 0 Å². The molecule has 0 aromatic rings. The van der Waals surface area contributed by atoms with Crippen LogP contribution in [0.2, 0.25) is 0 Å². The molecule has 60 valence electrons. The Balaban J connectivity index is 2.95. The van der Waals surface area contributed by atoms with Crippen LogP contribution in [0.4, 0.5) is 0 Å². The maximum atomic E-state index is 10.4. The normalized spacial score (nSPS) is 18.2. The van der Waals surface area contributed by atoms with E-state index in [4.69, 9.17) is 0 Å². The van der Waals surface area contributed by atoms with Gasteiger partial charge in [-0.25, -0.2) is 0 Å². The third-order valence-electron chi connectivity index (χ3n) is 1.89. The summed E-state index contributed by atoms with van der Waals surface area (Å²) in [6, 6.07) is 0. The van der Waals surface area contributed by atoms with Crippen molar-refractivity contribution in [3.63, 3.8) is 0 Å². The van der Waals surface area contributed by atoms with Crippen molar-refractivity contribution in [2.75, 3.05) is 0 Å². The number of allylic oxidation sites excluding steroid dienone is 4. The second kappa shape index (κ2) is 2.86. The van der Waals surface area contributed by atoms with Crippen LogP contribution in [0.15, 0.2) is 22.9 Å². The lowest BCUT2D eigenvalue weighted by Gasteiger charge is -2.08. The van der Waals surface area contributed by atoms with Crippen LogP contribution in [0.25, 0.3) is 0 Å². The molecule has 3 nitrogen and oxygen atoms in total. The van der Waals surface area contributed by atoms with Gasteiger partial charge in [0, 0.05) is 12.0 Å². The highest BCUT2D eigenvalue weighted by atomic mass is 16.6. The number of hydrogen-bond donors (Lipinski definition) is 0. The summed E-state index contributed by atoms with van der Waals surface area (Å²) in [6.07, 6.45) is 3.30. The van der Waals surface area contributed by atoms with Crippen molar-refractivity contribution in [3.8, 4) is 0 Å². The first-order chi connectivity index (χ1) is 5.11. The molecular weight excluding hydrogens is 142 g/mol. The topological polar surface area (TPSA) is 43.1 Å². The zero-order chi connectivity index (χ0) is 8.43. The molecule has 1 rings (SSSR count). The van der Waals surface area contributed by atoms with Crippen LogP contribution in [0.5, 0.6) is 0 Å². The third-order valence-corrected chi connectivity index (χ3v) is 1.89. The summed E-state index contributed by atoms with van der Waals surface area (Å²) in [7, 11) is 0. The summed E-state index contributed by atoms with van der Waals surface area (Å²) >= 11 is 0. The largest absolute Gasteiger partial charge is 0.259 e. The molecule has 0 fully saturated rings. The minimum Gasteiger partial charge on any atom is -0.259 e. The van der Waals surface area contributed by atoms with E-state index in [1.165, 1.54) is 5.57 Å². The van der Waals surface area contributed by atoms with Crippen molar-refractivity contribution in [2.24, 2.45) is 0 Å². The number of nitro groups is 1. The molecule has 1 aliphatic rings. The second-order valence-corrected chi connectivity index (χ2v) is 2.88. The van der Waals surface area contributed by atoms with Gasteiger partial charge in [0.2, 0.25) is 5.70 Å². The molecule has 0 unspecified atom stereocenters. The minimum absolute atomic E-state index is 0.279. The van der Waals surface area contributed by atoms with Crippen molar-refractivity contribution in [2.45, 2.75) is 26.7 Å². The zero-order valence-corrected chi connectivity index (χ0v) is 6.76. The van der Waals surface area contributed by atoms with Crippen LogP contribution < -0.4 is 0 Å². The lowest BCUT2D eigenvalue weighted by molar-refractivity contribution is -0.429. The van der Waals surface area contributed by atoms with E-state index in [1.54, 1.807) is 6.92 Å². The lowest BCUT2D eigenvalue weighted by atomic mass is 9.99.